The molecule has 0 aliphatic rings. The third-order valence-corrected chi connectivity index (χ3v) is 3.50. The van der Waals surface area contributed by atoms with Crippen LogP contribution in [-0.4, -0.2) is 24.3 Å². The Kier molecular flexibility index (Phi) is 4.94. The number of aryl methyl sites for hydroxylation is 1. The SMILES string of the molecule is Cc1ccccc1CN(C)CC(=O)c1cccc(Cl)c1. The lowest BCUT2D eigenvalue weighted by molar-refractivity contribution is 0.0943. The van der Waals surface area contributed by atoms with E-state index >= 15 is 0 Å². The highest BCUT2D eigenvalue weighted by molar-refractivity contribution is 6.31. The van der Waals surface area contributed by atoms with Crippen LogP contribution in [0.2, 0.25) is 5.02 Å². The van der Waals surface area contributed by atoms with Gasteiger partial charge in [-0.1, -0.05) is 48.0 Å². The van der Waals surface area contributed by atoms with Gasteiger partial charge in [0.2, 0.25) is 0 Å². The molecule has 2 nitrogen and oxygen atoms in total. The second-order valence-corrected chi connectivity index (χ2v) is 5.47. The standard InChI is InChI=1S/C17H18ClNO/c1-13-6-3-4-7-15(13)11-19(2)12-17(20)14-8-5-9-16(18)10-14/h3-10H,11-12H2,1-2H3. The van der Waals surface area contributed by atoms with Gasteiger partial charge in [0.25, 0.3) is 0 Å². The Morgan fingerprint density at radius 3 is 2.60 bits per heavy atom. The van der Waals surface area contributed by atoms with Gasteiger partial charge in [-0.25, -0.2) is 0 Å². The number of rotatable bonds is 5. The van der Waals surface area contributed by atoms with Gasteiger partial charge in [0, 0.05) is 17.1 Å². The van der Waals surface area contributed by atoms with Crippen LogP contribution in [0.15, 0.2) is 48.5 Å². The Hall–Kier alpha value is -1.64. The summed E-state index contributed by atoms with van der Waals surface area (Å²) in [6.07, 6.45) is 0. The minimum atomic E-state index is 0.0867. The van der Waals surface area contributed by atoms with E-state index in [1.165, 1.54) is 11.1 Å². The summed E-state index contributed by atoms with van der Waals surface area (Å²) in [4.78, 5) is 14.2. The van der Waals surface area contributed by atoms with E-state index in [2.05, 4.69) is 19.1 Å². The topological polar surface area (TPSA) is 20.3 Å². The first-order valence-electron chi connectivity index (χ1n) is 6.58. The molecule has 2 aromatic carbocycles. The Morgan fingerprint density at radius 1 is 1.15 bits per heavy atom. The van der Waals surface area contributed by atoms with Crippen molar-refractivity contribution in [3.8, 4) is 0 Å². The number of hydrogen-bond acceptors (Lipinski definition) is 2. The van der Waals surface area contributed by atoms with E-state index in [0.717, 1.165) is 6.54 Å². The summed E-state index contributed by atoms with van der Waals surface area (Å²) in [5.74, 6) is 0.0867. The van der Waals surface area contributed by atoms with Crippen molar-refractivity contribution in [3.05, 3.63) is 70.2 Å². The highest BCUT2D eigenvalue weighted by Gasteiger charge is 2.10. The summed E-state index contributed by atoms with van der Waals surface area (Å²) in [5, 5.41) is 0.595. The van der Waals surface area contributed by atoms with Gasteiger partial charge in [0.1, 0.15) is 0 Å². The zero-order chi connectivity index (χ0) is 14.5. The molecule has 3 heteroatoms. The Morgan fingerprint density at radius 2 is 1.90 bits per heavy atom. The first kappa shape index (κ1) is 14.8. The quantitative estimate of drug-likeness (QED) is 0.776. The minimum Gasteiger partial charge on any atom is -0.295 e. The van der Waals surface area contributed by atoms with Crippen molar-refractivity contribution in [3.63, 3.8) is 0 Å². The highest BCUT2D eigenvalue weighted by Crippen LogP contribution is 2.13. The molecule has 2 rings (SSSR count). The summed E-state index contributed by atoms with van der Waals surface area (Å²) in [6, 6.07) is 15.3. The fourth-order valence-corrected chi connectivity index (χ4v) is 2.32. The van der Waals surface area contributed by atoms with Crippen molar-refractivity contribution in [1.82, 2.24) is 4.90 Å². The third-order valence-electron chi connectivity index (χ3n) is 3.26. The fraction of sp³-hybridized carbons (Fsp3) is 0.235. The van der Waals surface area contributed by atoms with Gasteiger partial charge >= 0.3 is 0 Å². The Labute approximate surface area is 125 Å². The van der Waals surface area contributed by atoms with Crippen LogP contribution in [-0.2, 0) is 6.54 Å². The molecule has 0 aliphatic heterocycles. The maximum Gasteiger partial charge on any atom is 0.176 e. The van der Waals surface area contributed by atoms with E-state index < -0.39 is 0 Å². The normalized spacial score (nSPS) is 10.8. The maximum atomic E-state index is 12.2. The van der Waals surface area contributed by atoms with Crippen LogP contribution in [0.25, 0.3) is 0 Å². The number of nitrogens with zero attached hydrogens (tertiary/aromatic N) is 1. The number of hydrogen-bond donors (Lipinski definition) is 0. The first-order valence-corrected chi connectivity index (χ1v) is 6.96. The van der Waals surface area contributed by atoms with Crippen LogP contribution in [0, 0.1) is 6.92 Å². The average Bonchev–Trinajstić information content (AvgIpc) is 2.41. The third kappa shape index (κ3) is 3.92. The van der Waals surface area contributed by atoms with Crippen LogP contribution in [0.4, 0.5) is 0 Å². The van der Waals surface area contributed by atoms with Gasteiger partial charge in [-0.15, -0.1) is 0 Å². The Balaban J connectivity index is 2.00. The molecule has 0 amide bonds. The maximum absolute atomic E-state index is 12.2. The van der Waals surface area contributed by atoms with Gasteiger partial charge in [0.05, 0.1) is 6.54 Å². The van der Waals surface area contributed by atoms with Gasteiger partial charge in [-0.05, 0) is 37.2 Å². The van der Waals surface area contributed by atoms with Gasteiger partial charge in [-0.3, -0.25) is 9.69 Å². The van der Waals surface area contributed by atoms with Gasteiger partial charge in [-0.2, -0.15) is 0 Å². The van der Waals surface area contributed by atoms with Crippen molar-refractivity contribution in [2.75, 3.05) is 13.6 Å². The van der Waals surface area contributed by atoms with E-state index in [0.29, 0.717) is 17.1 Å². The summed E-state index contributed by atoms with van der Waals surface area (Å²) >= 11 is 5.91. The van der Waals surface area contributed by atoms with E-state index in [-0.39, 0.29) is 5.78 Å². The largest absolute Gasteiger partial charge is 0.295 e. The molecule has 0 N–H and O–H groups in total. The molecule has 20 heavy (non-hydrogen) atoms. The van der Waals surface area contributed by atoms with Crippen molar-refractivity contribution in [2.45, 2.75) is 13.5 Å². The number of likely N-dealkylation sites (N-methyl/N-ethyl adjacent to an activating group) is 1. The first-order chi connectivity index (χ1) is 9.56. The van der Waals surface area contributed by atoms with Crippen molar-refractivity contribution in [2.24, 2.45) is 0 Å². The molecule has 0 fully saturated rings. The minimum absolute atomic E-state index is 0.0867. The van der Waals surface area contributed by atoms with E-state index in [4.69, 9.17) is 11.6 Å². The summed E-state index contributed by atoms with van der Waals surface area (Å²) < 4.78 is 0. The molecule has 0 saturated heterocycles. The molecule has 0 atom stereocenters. The van der Waals surface area contributed by atoms with Crippen LogP contribution in [0.5, 0.6) is 0 Å². The van der Waals surface area contributed by atoms with Crippen LogP contribution >= 0.6 is 11.6 Å². The summed E-state index contributed by atoms with van der Waals surface area (Å²) in [7, 11) is 1.95. The fourth-order valence-electron chi connectivity index (χ4n) is 2.13. The molecule has 0 radical (unpaired) electrons. The molecule has 0 spiro atoms. The number of carbonyl (C=O) groups excluding carboxylic acids is 1. The van der Waals surface area contributed by atoms with Gasteiger partial charge < -0.3 is 0 Å². The molecular formula is C17H18ClNO. The zero-order valence-corrected chi connectivity index (χ0v) is 12.5. The average molecular weight is 288 g/mol. The van der Waals surface area contributed by atoms with Crippen LogP contribution < -0.4 is 0 Å². The monoisotopic (exact) mass is 287 g/mol. The molecule has 0 saturated carbocycles. The second kappa shape index (κ2) is 6.69. The van der Waals surface area contributed by atoms with E-state index in [1.807, 2.05) is 24.1 Å². The van der Waals surface area contributed by atoms with Crippen molar-refractivity contribution >= 4 is 17.4 Å². The Bertz CT molecular complexity index is 609. The number of halogens is 1. The van der Waals surface area contributed by atoms with Crippen LogP contribution in [0.3, 0.4) is 0 Å². The van der Waals surface area contributed by atoms with Crippen molar-refractivity contribution < 1.29 is 4.79 Å². The highest BCUT2D eigenvalue weighted by atomic mass is 35.5. The van der Waals surface area contributed by atoms with Crippen LogP contribution in [0.1, 0.15) is 21.5 Å². The molecule has 0 unspecified atom stereocenters. The zero-order valence-electron chi connectivity index (χ0n) is 11.8. The van der Waals surface area contributed by atoms with Gasteiger partial charge in [0.15, 0.2) is 5.78 Å². The summed E-state index contributed by atoms with van der Waals surface area (Å²) in [6.45, 7) is 3.23. The number of ketones is 1. The lowest BCUT2D eigenvalue weighted by Gasteiger charge is -2.17. The molecule has 0 heterocycles. The van der Waals surface area contributed by atoms with E-state index in [1.54, 1.807) is 24.3 Å². The number of Topliss-reactive ketones (excluding diaryl/α,β-unsaturated/α-hetero) is 1. The predicted octanol–water partition coefficient (Wildman–Crippen LogP) is 3.96. The second-order valence-electron chi connectivity index (χ2n) is 5.03. The smallest absolute Gasteiger partial charge is 0.176 e. The molecule has 0 bridgehead atoms. The lowest BCUT2D eigenvalue weighted by atomic mass is 10.1. The molecule has 0 aliphatic carbocycles. The van der Waals surface area contributed by atoms with Crippen molar-refractivity contribution in [1.29, 1.82) is 0 Å². The van der Waals surface area contributed by atoms with E-state index in [9.17, 15) is 4.79 Å². The molecule has 2 aromatic rings. The molecular weight excluding hydrogens is 270 g/mol. The number of carbonyl (C=O) groups is 1. The molecule has 0 aromatic heterocycles. The lowest BCUT2D eigenvalue weighted by Crippen LogP contribution is -2.25. The summed E-state index contributed by atoms with van der Waals surface area (Å²) in [5.41, 5.74) is 3.15. The molecule has 104 valence electrons. The number of benzene rings is 2. The predicted molar refractivity (Wildman–Crippen MR) is 83.3 cm³/mol.